The molecule has 0 heterocycles. The predicted molar refractivity (Wildman–Crippen MR) is 54.0 cm³/mol. The Morgan fingerprint density at radius 2 is 1.79 bits per heavy atom. The van der Waals surface area contributed by atoms with Crippen LogP contribution in [-0.2, 0) is 15.5 Å². The zero-order chi connectivity index (χ0) is 10.8. The van der Waals surface area contributed by atoms with Crippen LogP contribution in [0, 0.1) is 0 Å². The third-order valence-electron chi connectivity index (χ3n) is 1.69. The van der Waals surface area contributed by atoms with Crippen LogP contribution in [0.2, 0.25) is 0 Å². The summed E-state index contributed by atoms with van der Waals surface area (Å²) in [6.45, 7) is 3.67. The summed E-state index contributed by atoms with van der Waals surface area (Å²) in [6, 6.07) is 0. The van der Waals surface area contributed by atoms with Gasteiger partial charge in [0.15, 0.2) is 0 Å². The van der Waals surface area contributed by atoms with E-state index in [-0.39, 0.29) is 6.61 Å². The van der Waals surface area contributed by atoms with E-state index >= 15 is 0 Å². The smallest absolute Gasteiger partial charge is 0.0842 e. The minimum atomic E-state index is -2.41. The van der Waals surface area contributed by atoms with Gasteiger partial charge in [-0.15, -0.1) is 0 Å². The third-order valence-corrected chi connectivity index (χ3v) is 2.05. The van der Waals surface area contributed by atoms with Crippen LogP contribution in [0.3, 0.4) is 0 Å². The SMILES string of the molecule is NCCN(CCN)CCCOS(=O)[O-]. The molecule has 0 saturated carbocycles. The third kappa shape index (κ3) is 8.54. The molecule has 0 aromatic carbocycles. The molecule has 86 valence electrons. The van der Waals surface area contributed by atoms with Gasteiger partial charge in [0.1, 0.15) is 0 Å². The highest BCUT2D eigenvalue weighted by molar-refractivity contribution is 7.74. The summed E-state index contributed by atoms with van der Waals surface area (Å²) >= 11 is -2.41. The fourth-order valence-corrected chi connectivity index (χ4v) is 1.37. The highest BCUT2D eigenvalue weighted by Gasteiger charge is 2.01. The van der Waals surface area contributed by atoms with Crippen molar-refractivity contribution in [2.45, 2.75) is 6.42 Å². The first-order valence-corrected chi connectivity index (χ1v) is 5.55. The highest BCUT2D eigenvalue weighted by atomic mass is 32.2. The highest BCUT2D eigenvalue weighted by Crippen LogP contribution is 1.91. The van der Waals surface area contributed by atoms with Gasteiger partial charge in [-0.05, 0) is 6.42 Å². The first-order chi connectivity index (χ1) is 6.70. The standard InChI is InChI=1S/C7H19N3O3S/c8-2-5-10(6-3-9)4-1-7-13-14(11)12/h1-9H2,(H,11,12)/p-1. The maximum atomic E-state index is 10.0. The molecule has 0 aromatic heterocycles. The van der Waals surface area contributed by atoms with E-state index in [1.54, 1.807) is 0 Å². The molecule has 6 nitrogen and oxygen atoms in total. The van der Waals surface area contributed by atoms with Gasteiger partial charge in [0.25, 0.3) is 0 Å². The second-order valence-electron chi connectivity index (χ2n) is 2.80. The Kier molecular flexibility index (Phi) is 9.47. The number of nitrogens with zero attached hydrogens (tertiary/aromatic N) is 1. The van der Waals surface area contributed by atoms with Gasteiger partial charge >= 0.3 is 0 Å². The second-order valence-corrected chi connectivity index (χ2v) is 3.44. The molecule has 4 N–H and O–H groups in total. The van der Waals surface area contributed by atoms with Crippen molar-refractivity contribution in [2.75, 3.05) is 39.3 Å². The molecule has 7 heteroatoms. The average molecular weight is 224 g/mol. The van der Waals surface area contributed by atoms with Crippen molar-refractivity contribution in [3.8, 4) is 0 Å². The first kappa shape index (κ1) is 13.9. The number of hydrogen-bond donors (Lipinski definition) is 2. The van der Waals surface area contributed by atoms with Gasteiger partial charge in [0.2, 0.25) is 0 Å². The van der Waals surface area contributed by atoms with E-state index in [0.29, 0.717) is 19.5 Å². The molecule has 0 radical (unpaired) electrons. The summed E-state index contributed by atoms with van der Waals surface area (Å²) in [6.07, 6.45) is 0.661. The van der Waals surface area contributed by atoms with Gasteiger partial charge in [-0.25, -0.2) is 4.21 Å². The largest absolute Gasteiger partial charge is 0.750 e. The zero-order valence-corrected chi connectivity index (χ0v) is 9.00. The van der Waals surface area contributed by atoms with Crippen molar-refractivity contribution in [1.82, 2.24) is 4.90 Å². The Balaban J connectivity index is 3.44. The lowest BCUT2D eigenvalue weighted by atomic mass is 10.3. The average Bonchev–Trinajstić information content (AvgIpc) is 2.12. The molecule has 1 atom stereocenters. The normalized spacial score (nSPS) is 13.4. The lowest BCUT2D eigenvalue weighted by Crippen LogP contribution is -2.35. The van der Waals surface area contributed by atoms with Crippen LogP contribution >= 0.6 is 0 Å². The molecule has 0 bridgehead atoms. The summed E-state index contributed by atoms with van der Waals surface area (Å²) in [5, 5.41) is 0. The molecule has 1 unspecified atom stereocenters. The molecule has 0 amide bonds. The summed E-state index contributed by atoms with van der Waals surface area (Å²) < 4.78 is 24.4. The fourth-order valence-electron chi connectivity index (χ4n) is 1.12. The Morgan fingerprint density at radius 3 is 2.21 bits per heavy atom. The van der Waals surface area contributed by atoms with Gasteiger partial charge < -0.3 is 25.1 Å². The Hall–Kier alpha value is -0.0500. The summed E-state index contributed by atoms with van der Waals surface area (Å²) in [7, 11) is 0. The van der Waals surface area contributed by atoms with Crippen molar-refractivity contribution in [3.63, 3.8) is 0 Å². The maximum absolute atomic E-state index is 10.0. The van der Waals surface area contributed by atoms with Gasteiger partial charge in [0.05, 0.1) is 18.0 Å². The summed E-state index contributed by atoms with van der Waals surface area (Å²) in [5.41, 5.74) is 10.8. The van der Waals surface area contributed by atoms with Gasteiger partial charge in [-0.2, -0.15) is 0 Å². The number of rotatable bonds is 9. The Morgan fingerprint density at radius 1 is 1.21 bits per heavy atom. The maximum Gasteiger partial charge on any atom is 0.0842 e. The van der Waals surface area contributed by atoms with Crippen LogP contribution in [0.1, 0.15) is 6.42 Å². The van der Waals surface area contributed by atoms with Crippen LogP contribution in [0.5, 0.6) is 0 Å². The molecule has 0 fully saturated rings. The van der Waals surface area contributed by atoms with Crippen molar-refractivity contribution >= 4 is 11.4 Å². The molecule has 0 aromatic rings. The predicted octanol–water partition coefficient (Wildman–Crippen LogP) is -1.59. The van der Waals surface area contributed by atoms with E-state index in [1.165, 1.54) is 0 Å². The van der Waals surface area contributed by atoms with Crippen molar-refractivity contribution in [2.24, 2.45) is 11.5 Å². The van der Waals surface area contributed by atoms with Crippen LogP contribution in [0.4, 0.5) is 0 Å². The quantitative estimate of drug-likeness (QED) is 0.361. The van der Waals surface area contributed by atoms with E-state index in [1.807, 2.05) is 0 Å². The van der Waals surface area contributed by atoms with Crippen LogP contribution in [0.15, 0.2) is 0 Å². The van der Waals surface area contributed by atoms with Gasteiger partial charge in [0, 0.05) is 32.7 Å². The second kappa shape index (κ2) is 9.50. The van der Waals surface area contributed by atoms with E-state index in [4.69, 9.17) is 11.5 Å². The van der Waals surface area contributed by atoms with Gasteiger partial charge in [-0.1, -0.05) is 0 Å². The van der Waals surface area contributed by atoms with E-state index in [2.05, 4.69) is 9.08 Å². The molecule has 0 aliphatic carbocycles. The van der Waals surface area contributed by atoms with E-state index in [0.717, 1.165) is 19.6 Å². The minimum absolute atomic E-state index is 0.210. The molecular weight excluding hydrogens is 206 g/mol. The van der Waals surface area contributed by atoms with E-state index in [9.17, 15) is 8.76 Å². The van der Waals surface area contributed by atoms with Crippen molar-refractivity contribution in [1.29, 1.82) is 0 Å². The molecular formula is C7H18N3O3S-. The molecule has 0 rings (SSSR count). The first-order valence-electron chi connectivity index (χ1n) is 4.55. The van der Waals surface area contributed by atoms with Crippen LogP contribution in [-0.4, -0.2) is 53.0 Å². The molecule has 0 aliphatic heterocycles. The monoisotopic (exact) mass is 224 g/mol. The lowest BCUT2D eigenvalue weighted by molar-refractivity contribution is 0.240. The number of hydrogen-bond acceptors (Lipinski definition) is 6. The fraction of sp³-hybridized carbons (Fsp3) is 1.00. The lowest BCUT2D eigenvalue weighted by Gasteiger charge is -2.20. The molecule has 0 spiro atoms. The Bertz CT molecular complexity index is 153. The van der Waals surface area contributed by atoms with Gasteiger partial charge in [-0.3, -0.25) is 0 Å². The molecule has 14 heavy (non-hydrogen) atoms. The zero-order valence-electron chi connectivity index (χ0n) is 8.18. The van der Waals surface area contributed by atoms with Crippen molar-refractivity contribution < 1.29 is 12.9 Å². The minimum Gasteiger partial charge on any atom is -0.750 e. The Labute approximate surface area is 87.1 Å². The van der Waals surface area contributed by atoms with E-state index < -0.39 is 11.4 Å². The topological polar surface area (TPSA) is 105 Å². The van der Waals surface area contributed by atoms with Crippen LogP contribution < -0.4 is 11.5 Å². The van der Waals surface area contributed by atoms with Crippen molar-refractivity contribution in [3.05, 3.63) is 0 Å². The number of nitrogens with two attached hydrogens (primary N) is 2. The van der Waals surface area contributed by atoms with Crippen LogP contribution in [0.25, 0.3) is 0 Å². The molecule has 0 aliphatic rings. The summed E-state index contributed by atoms with van der Waals surface area (Å²) in [4.78, 5) is 2.08. The molecule has 0 saturated heterocycles. The summed E-state index contributed by atoms with van der Waals surface area (Å²) in [5.74, 6) is 0.